The number of carboxylic acids is 1. The van der Waals surface area contributed by atoms with E-state index in [1.165, 1.54) is 17.9 Å². The lowest BCUT2D eigenvalue weighted by Gasteiger charge is -2.28. The van der Waals surface area contributed by atoms with Crippen LogP contribution in [0.5, 0.6) is 0 Å². The second-order valence-corrected chi connectivity index (χ2v) is 6.04. The molecule has 0 aliphatic carbocycles. The monoisotopic (exact) mass is 360 g/mol. The molecule has 0 spiro atoms. The van der Waals surface area contributed by atoms with Crippen LogP contribution in [0.4, 0.5) is 0 Å². The van der Waals surface area contributed by atoms with E-state index >= 15 is 0 Å². The molecule has 0 saturated heterocycles. The predicted octanol–water partition coefficient (Wildman–Crippen LogP) is 2.43. The topological polar surface area (TPSA) is 86.7 Å². The zero-order valence-corrected chi connectivity index (χ0v) is 14.5. The molecule has 126 valence electrons. The maximum absolute atomic E-state index is 12.3. The van der Waals surface area contributed by atoms with Crippen LogP contribution < -0.4 is 5.32 Å². The van der Waals surface area contributed by atoms with Gasteiger partial charge in [-0.05, 0) is 32.9 Å². The number of carboxylic acid groups (broad SMARTS) is 1. The normalized spacial score (nSPS) is 11.9. The largest absolute Gasteiger partial charge is 0.480 e. The summed E-state index contributed by atoms with van der Waals surface area (Å²) in [7, 11) is 0. The van der Waals surface area contributed by atoms with Crippen LogP contribution in [0, 0.1) is 0 Å². The standard InChI is InChI=1S/C15H18Cl2N2O4/c1-8(2)19(7-12(20)21)15(23)9(3)18-14(22)10-5-4-6-11(16)13(10)17/h4-6,8-9H,7H2,1-3H3,(H,18,22)(H,20,21). The van der Waals surface area contributed by atoms with Gasteiger partial charge >= 0.3 is 5.97 Å². The van der Waals surface area contributed by atoms with Crippen molar-refractivity contribution in [2.24, 2.45) is 0 Å². The van der Waals surface area contributed by atoms with Crippen LogP contribution in [0.1, 0.15) is 31.1 Å². The van der Waals surface area contributed by atoms with Gasteiger partial charge in [0.25, 0.3) is 5.91 Å². The van der Waals surface area contributed by atoms with E-state index in [1.54, 1.807) is 26.0 Å². The molecular weight excluding hydrogens is 343 g/mol. The third-order valence-electron chi connectivity index (χ3n) is 3.13. The van der Waals surface area contributed by atoms with Gasteiger partial charge in [0, 0.05) is 6.04 Å². The third-order valence-corrected chi connectivity index (χ3v) is 3.95. The van der Waals surface area contributed by atoms with Gasteiger partial charge in [-0.3, -0.25) is 14.4 Å². The van der Waals surface area contributed by atoms with Crippen molar-refractivity contribution in [3.63, 3.8) is 0 Å². The summed E-state index contributed by atoms with van der Waals surface area (Å²) in [6, 6.07) is 3.38. The number of hydrogen-bond acceptors (Lipinski definition) is 3. The van der Waals surface area contributed by atoms with Gasteiger partial charge in [0.05, 0.1) is 15.6 Å². The molecular formula is C15H18Cl2N2O4. The van der Waals surface area contributed by atoms with Crippen molar-refractivity contribution in [1.82, 2.24) is 10.2 Å². The van der Waals surface area contributed by atoms with Crippen LogP contribution in [0.15, 0.2) is 18.2 Å². The molecule has 0 aromatic heterocycles. The molecule has 1 rings (SSSR count). The van der Waals surface area contributed by atoms with Crippen molar-refractivity contribution in [2.75, 3.05) is 6.54 Å². The number of carbonyl (C=O) groups is 3. The minimum absolute atomic E-state index is 0.0950. The van der Waals surface area contributed by atoms with Crippen molar-refractivity contribution in [3.8, 4) is 0 Å². The number of benzene rings is 1. The Labute approximate surface area is 144 Å². The predicted molar refractivity (Wildman–Crippen MR) is 87.9 cm³/mol. The molecule has 0 aliphatic heterocycles. The number of nitrogens with zero attached hydrogens (tertiary/aromatic N) is 1. The summed E-state index contributed by atoms with van der Waals surface area (Å²) < 4.78 is 0. The highest BCUT2D eigenvalue weighted by Crippen LogP contribution is 2.25. The number of aliphatic carboxylic acids is 1. The van der Waals surface area contributed by atoms with Gasteiger partial charge in [-0.2, -0.15) is 0 Å². The van der Waals surface area contributed by atoms with E-state index in [4.69, 9.17) is 28.3 Å². The smallest absolute Gasteiger partial charge is 0.323 e. The quantitative estimate of drug-likeness (QED) is 0.815. The maximum atomic E-state index is 12.3. The maximum Gasteiger partial charge on any atom is 0.323 e. The minimum atomic E-state index is -1.12. The molecule has 1 aromatic carbocycles. The van der Waals surface area contributed by atoms with Crippen molar-refractivity contribution in [2.45, 2.75) is 32.9 Å². The van der Waals surface area contributed by atoms with Crippen LogP contribution in [-0.2, 0) is 9.59 Å². The second-order valence-electron chi connectivity index (χ2n) is 5.25. The summed E-state index contributed by atoms with van der Waals surface area (Å²) in [6.07, 6.45) is 0. The van der Waals surface area contributed by atoms with Crippen LogP contribution >= 0.6 is 23.2 Å². The van der Waals surface area contributed by atoms with E-state index in [9.17, 15) is 14.4 Å². The molecule has 0 saturated carbocycles. The Balaban J connectivity index is 2.86. The summed E-state index contributed by atoms with van der Waals surface area (Å²) in [5.41, 5.74) is 0.146. The molecule has 1 atom stereocenters. The van der Waals surface area contributed by atoms with Crippen LogP contribution in [0.2, 0.25) is 10.0 Å². The van der Waals surface area contributed by atoms with E-state index < -0.39 is 30.4 Å². The number of amides is 2. The van der Waals surface area contributed by atoms with Gasteiger partial charge < -0.3 is 15.3 Å². The molecule has 23 heavy (non-hydrogen) atoms. The van der Waals surface area contributed by atoms with Crippen LogP contribution in [0.3, 0.4) is 0 Å². The SMILES string of the molecule is CC(NC(=O)c1cccc(Cl)c1Cl)C(=O)N(CC(=O)O)C(C)C. The second kappa shape index (κ2) is 8.17. The number of carbonyl (C=O) groups excluding carboxylic acids is 2. The minimum Gasteiger partial charge on any atom is -0.480 e. The number of nitrogens with one attached hydrogen (secondary N) is 1. The summed E-state index contributed by atoms with van der Waals surface area (Å²) in [4.78, 5) is 36.6. The zero-order valence-electron chi connectivity index (χ0n) is 13.0. The van der Waals surface area contributed by atoms with Gasteiger partial charge in [-0.25, -0.2) is 0 Å². The Hall–Kier alpha value is -1.79. The Bertz CT molecular complexity index is 619. The Morgan fingerprint density at radius 3 is 2.35 bits per heavy atom. The number of hydrogen-bond donors (Lipinski definition) is 2. The van der Waals surface area contributed by atoms with E-state index in [0.29, 0.717) is 0 Å². The molecule has 0 heterocycles. The highest BCUT2D eigenvalue weighted by Gasteiger charge is 2.26. The average Bonchev–Trinajstić information content (AvgIpc) is 2.46. The molecule has 2 N–H and O–H groups in total. The van der Waals surface area contributed by atoms with Gasteiger partial charge in [-0.15, -0.1) is 0 Å². The van der Waals surface area contributed by atoms with Crippen LogP contribution in [0.25, 0.3) is 0 Å². The summed E-state index contributed by atoms with van der Waals surface area (Å²) in [5.74, 6) is -2.17. The van der Waals surface area contributed by atoms with Gasteiger partial charge in [0.15, 0.2) is 0 Å². The van der Waals surface area contributed by atoms with Gasteiger partial charge in [0.1, 0.15) is 12.6 Å². The van der Waals surface area contributed by atoms with Gasteiger partial charge in [0.2, 0.25) is 5.91 Å². The first-order chi connectivity index (χ1) is 10.6. The van der Waals surface area contributed by atoms with Crippen molar-refractivity contribution >= 4 is 41.0 Å². The molecule has 0 fully saturated rings. The average molecular weight is 361 g/mol. The molecule has 8 heteroatoms. The zero-order chi connectivity index (χ0) is 17.7. The summed E-state index contributed by atoms with van der Waals surface area (Å²) in [6.45, 7) is 4.44. The fourth-order valence-electron chi connectivity index (χ4n) is 1.92. The first-order valence-corrected chi connectivity index (χ1v) is 7.67. The van der Waals surface area contributed by atoms with Gasteiger partial charge in [-0.1, -0.05) is 29.3 Å². The lowest BCUT2D eigenvalue weighted by molar-refractivity contribution is -0.146. The summed E-state index contributed by atoms with van der Waals surface area (Å²) in [5, 5.41) is 11.7. The Morgan fingerprint density at radius 1 is 1.22 bits per heavy atom. The Morgan fingerprint density at radius 2 is 1.83 bits per heavy atom. The lowest BCUT2D eigenvalue weighted by Crippen LogP contribution is -2.50. The van der Waals surface area contributed by atoms with Crippen molar-refractivity contribution in [3.05, 3.63) is 33.8 Å². The summed E-state index contributed by atoms with van der Waals surface area (Å²) >= 11 is 11.8. The molecule has 6 nitrogen and oxygen atoms in total. The third kappa shape index (κ3) is 5.11. The lowest BCUT2D eigenvalue weighted by atomic mass is 10.1. The van der Waals surface area contributed by atoms with Crippen molar-refractivity contribution < 1.29 is 19.5 Å². The first-order valence-electron chi connectivity index (χ1n) is 6.92. The number of rotatable bonds is 6. The molecule has 2 amide bonds. The van der Waals surface area contributed by atoms with E-state index in [1.807, 2.05) is 0 Å². The molecule has 1 aromatic rings. The van der Waals surface area contributed by atoms with E-state index in [2.05, 4.69) is 5.32 Å². The fraction of sp³-hybridized carbons (Fsp3) is 0.400. The molecule has 0 aliphatic rings. The van der Waals surface area contributed by atoms with Crippen molar-refractivity contribution in [1.29, 1.82) is 0 Å². The highest BCUT2D eigenvalue weighted by atomic mass is 35.5. The van der Waals surface area contributed by atoms with Crippen LogP contribution in [-0.4, -0.2) is 46.4 Å². The molecule has 0 radical (unpaired) electrons. The van der Waals surface area contributed by atoms with E-state index in [0.717, 1.165) is 0 Å². The molecule has 1 unspecified atom stereocenters. The van der Waals surface area contributed by atoms with E-state index in [-0.39, 0.29) is 21.7 Å². The fourth-order valence-corrected chi connectivity index (χ4v) is 2.31. The Kier molecular flexibility index (Phi) is 6.84. The highest BCUT2D eigenvalue weighted by molar-refractivity contribution is 6.43. The first kappa shape index (κ1) is 19.3. The number of halogens is 2. The molecule has 0 bridgehead atoms.